The van der Waals surface area contributed by atoms with Crippen LogP contribution in [0.25, 0.3) is 0 Å². The van der Waals surface area contributed by atoms with Crippen LogP contribution in [-0.4, -0.2) is 17.9 Å². The second-order valence-corrected chi connectivity index (χ2v) is 5.86. The van der Waals surface area contributed by atoms with Gasteiger partial charge in [-0.2, -0.15) is 5.26 Å². The highest BCUT2D eigenvalue weighted by atomic mass is 16.2. The fraction of sp³-hybridized carbons (Fsp3) is 0.211. The zero-order chi connectivity index (χ0) is 17.1. The number of hydrogen-bond donors (Lipinski definition) is 1. The van der Waals surface area contributed by atoms with Crippen molar-refractivity contribution in [3.8, 4) is 6.07 Å². The predicted molar refractivity (Wildman–Crippen MR) is 91.5 cm³/mol. The summed E-state index contributed by atoms with van der Waals surface area (Å²) in [6.07, 6.45) is 0.595. The lowest BCUT2D eigenvalue weighted by molar-refractivity contribution is -0.125. The fourth-order valence-electron chi connectivity index (χ4n) is 3.00. The van der Waals surface area contributed by atoms with Crippen molar-refractivity contribution in [2.24, 2.45) is 0 Å². The molecule has 1 aliphatic heterocycles. The highest BCUT2D eigenvalue weighted by Gasteiger charge is 2.31. The lowest BCUT2D eigenvalue weighted by Gasteiger charge is -2.22. The zero-order valence-electron chi connectivity index (χ0n) is 13.3. The van der Waals surface area contributed by atoms with Crippen molar-refractivity contribution < 1.29 is 9.59 Å². The Kier molecular flexibility index (Phi) is 4.30. The smallest absolute Gasteiger partial charge is 0.236 e. The first-order chi connectivity index (χ1) is 11.6. The summed E-state index contributed by atoms with van der Waals surface area (Å²) in [7, 11) is 0. The van der Waals surface area contributed by atoms with Crippen LogP contribution in [-0.2, 0) is 16.0 Å². The van der Waals surface area contributed by atoms with Crippen LogP contribution in [0.4, 0.5) is 11.4 Å². The number of nitriles is 1. The Balaban J connectivity index is 1.66. The molecule has 2 aromatic carbocycles. The van der Waals surface area contributed by atoms with Crippen LogP contribution >= 0.6 is 0 Å². The Morgan fingerprint density at radius 3 is 2.62 bits per heavy atom. The van der Waals surface area contributed by atoms with Crippen LogP contribution in [0.1, 0.15) is 24.5 Å². The number of rotatable bonds is 3. The molecule has 5 nitrogen and oxygen atoms in total. The normalized spacial score (nSPS) is 15.5. The molecule has 0 saturated heterocycles. The summed E-state index contributed by atoms with van der Waals surface area (Å²) >= 11 is 0. The van der Waals surface area contributed by atoms with Crippen molar-refractivity contribution in [2.45, 2.75) is 25.8 Å². The summed E-state index contributed by atoms with van der Waals surface area (Å²) in [6.45, 7) is 1.98. The van der Waals surface area contributed by atoms with E-state index in [1.165, 1.54) is 0 Å². The van der Waals surface area contributed by atoms with E-state index < -0.39 is 0 Å². The van der Waals surface area contributed by atoms with Crippen molar-refractivity contribution in [1.29, 1.82) is 5.26 Å². The molecule has 1 unspecified atom stereocenters. The van der Waals surface area contributed by atoms with Crippen LogP contribution in [0, 0.1) is 11.3 Å². The van der Waals surface area contributed by atoms with Crippen LogP contribution in [0.3, 0.4) is 0 Å². The van der Waals surface area contributed by atoms with Gasteiger partial charge in [0.2, 0.25) is 11.8 Å². The van der Waals surface area contributed by atoms with Crippen molar-refractivity contribution in [3.63, 3.8) is 0 Å². The number of nitrogens with zero attached hydrogens (tertiary/aromatic N) is 2. The molecule has 1 aliphatic rings. The third-order valence-corrected chi connectivity index (χ3v) is 4.09. The molecule has 0 saturated carbocycles. The van der Waals surface area contributed by atoms with Gasteiger partial charge in [-0.3, -0.25) is 9.59 Å². The van der Waals surface area contributed by atoms with Gasteiger partial charge < -0.3 is 10.2 Å². The number of nitrogens with one attached hydrogen (secondary N) is 1. The minimum Gasteiger partial charge on any atom is -0.326 e. The number of carbonyl (C=O) groups is 2. The quantitative estimate of drug-likeness (QED) is 0.884. The third-order valence-electron chi connectivity index (χ3n) is 4.09. The highest BCUT2D eigenvalue weighted by Crippen LogP contribution is 2.32. The maximum atomic E-state index is 12.5. The number of amides is 2. The molecule has 24 heavy (non-hydrogen) atoms. The van der Waals surface area contributed by atoms with Gasteiger partial charge in [-0.15, -0.1) is 0 Å². The average Bonchev–Trinajstić information content (AvgIpc) is 2.91. The molecule has 0 fully saturated rings. The largest absolute Gasteiger partial charge is 0.326 e. The fourth-order valence-corrected chi connectivity index (χ4v) is 3.00. The molecule has 0 radical (unpaired) electrons. The SMILES string of the molecule is CC1Cc2ccccc2N1C(=O)CC(=O)Nc1ccc(C#N)cc1. The second-order valence-electron chi connectivity index (χ2n) is 5.86. The third kappa shape index (κ3) is 3.13. The lowest BCUT2D eigenvalue weighted by Crippen LogP contribution is -2.37. The van der Waals surface area contributed by atoms with E-state index in [1.807, 2.05) is 37.3 Å². The summed E-state index contributed by atoms with van der Waals surface area (Å²) < 4.78 is 0. The zero-order valence-corrected chi connectivity index (χ0v) is 13.3. The van der Waals surface area contributed by atoms with Crippen molar-refractivity contribution in [3.05, 3.63) is 59.7 Å². The first-order valence-corrected chi connectivity index (χ1v) is 7.78. The van der Waals surface area contributed by atoms with Gasteiger partial charge in [-0.05, 0) is 49.2 Å². The van der Waals surface area contributed by atoms with Gasteiger partial charge in [-0.25, -0.2) is 0 Å². The summed E-state index contributed by atoms with van der Waals surface area (Å²) in [5.41, 5.74) is 3.11. The van der Waals surface area contributed by atoms with Gasteiger partial charge in [0.25, 0.3) is 0 Å². The monoisotopic (exact) mass is 319 g/mol. The van der Waals surface area contributed by atoms with Gasteiger partial charge in [0.1, 0.15) is 6.42 Å². The van der Waals surface area contributed by atoms with E-state index in [1.54, 1.807) is 29.2 Å². The average molecular weight is 319 g/mol. The van der Waals surface area contributed by atoms with Crippen molar-refractivity contribution >= 4 is 23.2 Å². The van der Waals surface area contributed by atoms with Gasteiger partial charge in [0.15, 0.2) is 0 Å². The first kappa shape index (κ1) is 15.8. The van der Waals surface area contributed by atoms with Crippen LogP contribution < -0.4 is 10.2 Å². The second kappa shape index (κ2) is 6.55. The molecule has 2 aromatic rings. The number of fused-ring (bicyclic) bond motifs is 1. The summed E-state index contributed by atoms with van der Waals surface area (Å²) in [4.78, 5) is 26.4. The molecule has 2 amide bonds. The minimum atomic E-state index is -0.360. The van der Waals surface area contributed by atoms with Crippen LogP contribution in [0.5, 0.6) is 0 Å². The van der Waals surface area contributed by atoms with Gasteiger partial charge in [-0.1, -0.05) is 18.2 Å². The molecule has 5 heteroatoms. The van der Waals surface area contributed by atoms with E-state index in [-0.39, 0.29) is 24.3 Å². The van der Waals surface area contributed by atoms with Crippen molar-refractivity contribution in [1.82, 2.24) is 0 Å². The van der Waals surface area contributed by atoms with E-state index in [0.717, 1.165) is 17.7 Å². The number of carbonyl (C=O) groups excluding carboxylic acids is 2. The number of hydrogen-bond acceptors (Lipinski definition) is 3. The van der Waals surface area contributed by atoms with E-state index in [4.69, 9.17) is 5.26 Å². The Hall–Kier alpha value is -3.13. The number of anilines is 2. The summed E-state index contributed by atoms with van der Waals surface area (Å²) in [6, 6.07) is 16.4. The molecule has 0 aliphatic carbocycles. The molecular formula is C19H17N3O2. The first-order valence-electron chi connectivity index (χ1n) is 7.78. The van der Waals surface area contributed by atoms with E-state index in [2.05, 4.69) is 5.32 Å². The Bertz CT molecular complexity index is 821. The summed E-state index contributed by atoms with van der Waals surface area (Å²) in [5.74, 6) is -0.570. The van der Waals surface area contributed by atoms with E-state index >= 15 is 0 Å². The lowest BCUT2D eigenvalue weighted by atomic mass is 10.1. The maximum Gasteiger partial charge on any atom is 0.236 e. The minimum absolute atomic E-state index is 0.0533. The Morgan fingerprint density at radius 1 is 1.21 bits per heavy atom. The van der Waals surface area contributed by atoms with Gasteiger partial charge in [0.05, 0.1) is 11.6 Å². The molecule has 0 bridgehead atoms. The molecule has 120 valence electrons. The van der Waals surface area contributed by atoms with E-state index in [9.17, 15) is 9.59 Å². The van der Waals surface area contributed by atoms with Crippen LogP contribution in [0.2, 0.25) is 0 Å². The molecule has 0 aromatic heterocycles. The van der Waals surface area contributed by atoms with Gasteiger partial charge in [0, 0.05) is 17.4 Å². The van der Waals surface area contributed by atoms with Gasteiger partial charge >= 0.3 is 0 Å². The van der Waals surface area contributed by atoms with E-state index in [0.29, 0.717) is 11.3 Å². The summed E-state index contributed by atoms with van der Waals surface area (Å²) in [5, 5.41) is 11.5. The molecule has 3 rings (SSSR count). The van der Waals surface area contributed by atoms with Crippen LogP contribution in [0.15, 0.2) is 48.5 Å². The molecule has 1 heterocycles. The Labute approximate surface area is 140 Å². The van der Waals surface area contributed by atoms with Crippen molar-refractivity contribution in [2.75, 3.05) is 10.2 Å². The Morgan fingerprint density at radius 2 is 1.92 bits per heavy atom. The molecule has 1 N–H and O–H groups in total. The number of para-hydroxylation sites is 1. The molecule has 1 atom stereocenters. The predicted octanol–water partition coefficient (Wildman–Crippen LogP) is 2.86. The standard InChI is InChI=1S/C19H17N3O2/c1-13-10-15-4-2-3-5-17(15)22(13)19(24)11-18(23)21-16-8-6-14(12-20)7-9-16/h2-9,13H,10-11H2,1H3,(H,21,23). The molecule has 0 spiro atoms. The molecular weight excluding hydrogens is 302 g/mol. The highest BCUT2D eigenvalue weighted by molar-refractivity contribution is 6.10. The maximum absolute atomic E-state index is 12.5. The topological polar surface area (TPSA) is 73.2 Å². The number of benzene rings is 2.